The molecule has 1 atom stereocenters. The van der Waals surface area contributed by atoms with Crippen LogP contribution in [-0.2, 0) is 16.6 Å². The molecule has 0 radical (unpaired) electrons. The topological polar surface area (TPSA) is 86.6 Å². The van der Waals surface area contributed by atoms with Crippen molar-refractivity contribution in [3.63, 3.8) is 0 Å². The average molecular weight is 545 g/mol. The number of methoxy groups -OCH3 is 1. The van der Waals surface area contributed by atoms with Crippen LogP contribution in [0.3, 0.4) is 0 Å². The molecule has 1 unspecified atom stereocenters. The molecule has 2 heterocycles. The number of hydrogen-bond donors (Lipinski definition) is 1. The number of nitrogens with one attached hydrogen (secondary N) is 1. The van der Waals surface area contributed by atoms with E-state index in [4.69, 9.17) is 21.1 Å². The van der Waals surface area contributed by atoms with Crippen molar-refractivity contribution in [1.82, 2.24) is 9.29 Å². The summed E-state index contributed by atoms with van der Waals surface area (Å²) in [4.78, 5) is 12.7. The van der Waals surface area contributed by atoms with Crippen molar-refractivity contribution in [2.75, 3.05) is 7.11 Å². The van der Waals surface area contributed by atoms with Crippen molar-refractivity contribution < 1.29 is 17.9 Å². The van der Waals surface area contributed by atoms with E-state index in [1.165, 1.54) is 6.07 Å². The van der Waals surface area contributed by atoms with E-state index in [9.17, 15) is 13.2 Å². The molecule has 4 aromatic rings. The lowest BCUT2D eigenvalue weighted by Crippen LogP contribution is -2.41. The quantitative estimate of drug-likeness (QED) is 0.353. The first kappa shape index (κ1) is 24.8. The van der Waals surface area contributed by atoms with E-state index < -0.39 is 21.7 Å². The van der Waals surface area contributed by atoms with E-state index in [0.717, 1.165) is 22.5 Å². The predicted octanol–water partition coefficient (Wildman–Crippen LogP) is 5.35. The van der Waals surface area contributed by atoms with Crippen LogP contribution in [0.2, 0.25) is 5.02 Å². The van der Waals surface area contributed by atoms with Gasteiger partial charge in [-0.15, -0.1) is 0 Å². The van der Waals surface area contributed by atoms with Gasteiger partial charge in [0.15, 0.2) is 0 Å². The van der Waals surface area contributed by atoms with Gasteiger partial charge in [-0.2, -0.15) is 0 Å². The summed E-state index contributed by atoms with van der Waals surface area (Å²) in [5.74, 6) is 1.22. The Morgan fingerprint density at radius 1 is 1.17 bits per heavy atom. The minimum atomic E-state index is -3.89. The molecule has 0 saturated carbocycles. The highest BCUT2D eigenvalue weighted by atomic mass is 35.5. The van der Waals surface area contributed by atoms with Crippen molar-refractivity contribution in [1.29, 1.82) is 0 Å². The Bertz CT molecular complexity index is 1630. The van der Waals surface area contributed by atoms with E-state index in [1.54, 1.807) is 42.0 Å². The van der Waals surface area contributed by atoms with Crippen molar-refractivity contribution in [2.45, 2.75) is 43.4 Å². The van der Waals surface area contributed by atoms with Gasteiger partial charge >= 0.3 is 4.87 Å². The summed E-state index contributed by atoms with van der Waals surface area (Å²) in [7, 11) is -2.32. The maximum atomic E-state index is 13.4. The second-order valence-electron chi connectivity index (χ2n) is 9.32. The third-order valence-electron chi connectivity index (χ3n) is 6.21. The number of sulfonamides is 1. The van der Waals surface area contributed by atoms with Crippen LogP contribution in [0.4, 0.5) is 0 Å². The summed E-state index contributed by atoms with van der Waals surface area (Å²) in [6.07, 6.45) is 0.454. The molecule has 36 heavy (non-hydrogen) atoms. The minimum absolute atomic E-state index is 0.0977. The molecule has 188 valence electrons. The van der Waals surface area contributed by atoms with E-state index in [0.29, 0.717) is 39.7 Å². The highest BCUT2D eigenvalue weighted by molar-refractivity contribution is 7.89. The number of fused-ring (bicyclic) bond motifs is 2. The summed E-state index contributed by atoms with van der Waals surface area (Å²) in [5.41, 5.74) is 1.65. The third-order valence-corrected chi connectivity index (χ3v) is 8.99. The molecular weight excluding hydrogens is 520 g/mol. The second kappa shape index (κ2) is 9.23. The summed E-state index contributed by atoms with van der Waals surface area (Å²) in [6.45, 7) is 4.14. The summed E-state index contributed by atoms with van der Waals surface area (Å²) < 4.78 is 43.3. The van der Waals surface area contributed by atoms with Crippen molar-refractivity contribution >= 4 is 43.2 Å². The first-order chi connectivity index (χ1) is 17.1. The first-order valence-electron chi connectivity index (χ1n) is 11.3. The van der Waals surface area contributed by atoms with Crippen LogP contribution in [0, 0.1) is 0 Å². The standard InChI is InChI=1S/C26H25ClN2O5S2/c1-26(2)14-21(19-10-8-17(33-3)12-23(19)34-26)28-36(31,32)18-9-11-22-24(13-18)35-25(30)29(22)15-16-6-4-5-7-20(16)27/h4-13,21,28H,14-15H2,1-3H3. The van der Waals surface area contributed by atoms with Gasteiger partial charge in [0.05, 0.1) is 34.8 Å². The SMILES string of the molecule is COc1ccc2c(c1)OC(C)(C)CC2NS(=O)(=O)c1ccc2c(c1)sc(=O)n2Cc1ccccc1Cl. The minimum Gasteiger partial charge on any atom is -0.497 e. The van der Waals surface area contributed by atoms with Crippen LogP contribution in [0.5, 0.6) is 11.5 Å². The molecule has 0 fully saturated rings. The number of nitrogens with zero attached hydrogens (tertiary/aromatic N) is 1. The fraction of sp³-hybridized carbons (Fsp3) is 0.269. The molecule has 5 rings (SSSR count). The molecular formula is C26H25ClN2O5S2. The van der Waals surface area contributed by atoms with E-state index >= 15 is 0 Å². The van der Waals surface area contributed by atoms with Gasteiger partial charge in [-0.25, -0.2) is 13.1 Å². The average Bonchev–Trinajstić information content (AvgIpc) is 3.13. The van der Waals surface area contributed by atoms with E-state index in [1.807, 2.05) is 38.1 Å². The lowest BCUT2D eigenvalue weighted by molar-refractivity contribution is 0.0699. The lowest BCUT2D eigenvalue weighted by Gasteiger charge is -2.37. The fourth-order valence-corrected chi connectivity index (χ4v) is 6.92. The molecule has 0 amide bonds. The molecule has 1 aliphatic heterocycles. The van der Waals surface area contributed by atoms with E-state index in [-0.39, 0.29) is 9.77 Å². The number of benzene rings is 3. The summed E-state index contributed by atoms with van der Waals surface area (Å²) in [5, 5.41) is 0.574. The zero-order valence-electron chi connectivity index (χ0n) is 19.9. The Labute approximate surface area is 218 Å². The van der Waals surface area contributed by atoms with Gasteiger partial charge in [0.2, 0.25) is 10.0 Å². The van der Waals surface area contributed by atoms with Crippen LogP contribution < -0.4 is 19.1 Å². The lowest BCUT2D eigenvalue weighted by atomic mass is 9.90. The monoisotopic (exact) mass is 544 g/mol. The number of hydrogen-bond acceptors (Lipinski definition) is 6. The molecule has 10 heteroatoms. The van der Waals surface area contributed by atoms with Crippen molar-refractivity contribution in [3.8, 4) is 11.5 Å². The van der Waals surface area contributed by atoms with Gasteiger partial charge in [-0.05, 0) is 49.7 Å². The Balaban J connectivity index is 1.47. The Kier molecular flexibility index (Phi) is 6.36. The Hall–Kier alpha value is -2.85. The van der Waals surface area contributed by atoms with E-state index in [2.05, 4.69) is 4.72 Å². The number of halogens is 1. The molecule has 0 saturated heterocycles. The van der Waals surface area contributed by atoms with Gasteiger partial charge in [-0.3, -0.25) is 9.36 Å². The largest absolute Gasteiger partial charge is 0.497 e. The Morgan fingerprint density at radius 2 is 1.94 bits per heavy atom. The first-order valence-corrected chi connectivity index (χ1v) is 14.0. The van der Waals surface area contributed by atoms with Crippen LogP contribution in [0.25, 0.3) is 10.2 Å². The third kappa shape index (κ3) is 4.76. The zero-order chi connectivity index (χ0) is 25.7. The highest BCUT2D eigenvalue weighted by Crippen LogP contribution is 2.42. The molecule has 0 bridgehead atoms. The van der Waals surface area contributed by atoms with Crippen molar-refractivity contribution in [3.05, 3.63) is 86.5 Å². The molecule has 1 aliphatic rings. The van der Waals surface area contributed by atoms with Gasteiger partial charge < -0.3 is 9.47 Å². The molecule has 3 aromatic carbocycles. The zero-order valence-corrected chi connectivity index (χ0v) is 22.3. The van der Waals surface area contributed by atoms with Crippen LogP contribution >= 0.6 is 22.9 Å². The number of aromatic nitrogens is 1. The maximum absolute atomic E-state index is 13.4. The molecule has 0 aliphatic carbocycles. The van der Waals surface area contributed by atoms with Crippen LogP contribution in [0.15, 0.2) is 70.4 Å². The predicted molar refractivity (Wildman–Crippen MR) is 142 cm³/mol. The summed E-state index contributed by atoms with van der Waals surface area (Å²) >= 11 is 7.29. The molecule has 0 spiro atoms. The van der Waals surface area contributed by atoms with Crippen molar-refractivity contribution in [2.24, 2.45) is 0 Å². The van der Waals surface area contributed by atoms with Gasteiger partial charge in [0.25, 0.3) is 0 Å². The van der Waals surface area contributed by atoms with Crippen LogP contribution in [-0.4, -0.2) is 25.7 Å². The number of rotatable bonds is 6. The Morgan fingerprint density at radius 3 is 2.69 bits per heavy atom. The van der Waals surface area contributed by atoms with Gasteiger partial charge in [0, 0.05) is 23.1 Å². The highest BCUT2D eigenvalue weighted by Gasteiger charge is 2.36. The second-order valence-corrected chi connectivity index (χ2v) is 12.4. The summed E-state index contributed by atoms with van der Waals surface area (Å²) in [6, 6.07) is 17.0. The van der Waals surface area contributed by atoms with Gasteiger partial charge in [0.1, 0.15) is 17.1 Å². The fourth-order valence-electron chi connectivity index (χ4n) is 4.48. The number of ether oxygens (including phenoxy) is 2. The molecule has 1 aromatic heterocycles. The number of thiazole rings is 1. The molecule has 1 N–H and O–H groups in total. The van der Waals surface area contributed by atoms with Crippen LogP contribution in [0.1, 0.15) is 37.4 Å². The maximum Gasteiger partial charge on any atom is 0.308 e. The van der Waals surface area contributed by atoms with Gasteiger partial charge in [-0.1, -0.05) is 47.2 Å². The molecule has 7 nitrogen and oxygen atoms in total. The normalized spacial score (nSPS) is 16.9. The smallest absolute Gasteiger partial charge is 0.308 e.